The summed E-state index contributed by atoms with van der Waals surface area (Å²) in [4.78, 5) is 27.9. The second-order valence-corrected chi connectivity index (χ2v) is 8.36. The van der Waals surface area contributed by atoms with E-state index >= 15 is 0 Å². The van der Waals surface area contributed by atoms with Crippen molar-refractivity contribution in [1.82, 2.24) is 15.1 Å². The molecule has 2 heterocycles. The monoisotopic (exact) mass is 389 g/mol. The average molecular weight is 389 g/mol. The Balaban J connectivity index is 1.59. The number of carbonyl (C=O) groups excluding carboxylic acids is 2. The Morgan fingerprint density at radius 2 is 2.11 bits per heavy atom. The lowest BCUT2D eigenvalue weighted by Gasteiger charge is -2.40. The molecular formula is C21H31N3O4. The van der Waals surface area contributed by atoms with Crippen molar-refractivity contribution in [2.24, 2.45) is 0 Å². The maximum atomic E-state index is 12.8. The van der Waals surface area contributed by atoms with Crippen LogP contribution < -0.4 is 10.1 Å². The second-order valence-electron chi connectivity index (χ2n) is 8.36. The molecule has 4 atom stereocenters. The summed E-state index contributed by atoms with van der Waals surface area (Å²) in [6.45, 7) is 4.77. The minimum absolute atomic E-state index is 0.0252. The Morgan fingerprint density at radius 1 is 1.39 bits per heavy atom. The van der Waals surface area contributed by atoms with Gasteiger partial charge < -0.3 is 25.0 Å². The van der Waals surface area contributed by atoms with Crippen molar-refractivity contribution in [2.45, 2.75) is 56.8 Å². The van der Waals surface area contributed by atoms with E-state index in [-0.39, 0.29) is 43.0 Å². The van der Waals surface area contributed by atoms with Crippen LogP contribution in [0.15, 0.2) is 24.3 Å². The van der Waals surface area contributed by atoms with Crippen molar-refractivity contribution in [3.63, 3.8) is 0 Å². The fourth-order valence-corrected chi connectivity index (χ4v) is 4.16. The summed E-state index contributed by atoms with van der Waals surface area (Å²) in [5, 5.41) is 13.8. The van der Waals surface area contributed by atoms with E-state index in [1.165, 1.54) is 4.90 Å². The number of rotatable bonds is 4. The Morgan fingerprint density at radius 3 is 2.79 bits per heavy atom. The van der Waals surface area contributed by atoms with Gasteiger partial charge >= 0.3 is 6.03 Å². The van der Waals surface area contributed by atoms with Crippen molar-refractivity contribution in [2.75, 3.05) is 27.2 Å². The number of ether oxygens (including phenoxy) is 1. The molecule has 1 saturated heterocycles. The maximum absolute atomic E-state index is 12.8. The van der Waals surface area contributed by atoms with Gasteiger partial charge in [0, 0.05) is 32.1 Å². The Kier molecular flexibility index (Phi) is 5.84. The third-order valence-corrected chi connectivity index (χ3v) is 5.83. The number of aliphatic hydroxyl groups is 1. The molecule has 7 heteroatoms. The molecule has 3 rings (SSSR count). The molecule has 154 valence electrons. The van der Waals surface area contributed by atoms with Crippen molar-refractivity contribution in [1.29, 1.82) is 0 Å². The van der Waals surface area contributed by atoms with E-state index in [9.17, 15) is 14.7 Å². The molecule has 0 bridgehead atoms. The molecule has 3 amide bonds. The van der Waals surface area contributed by atoms with Crippen LogP contribution >= 0.6 is 0 Å². The fourth-order valence-electron chi connectivity index (χ4n) is 4.16. The third-order valence-electron chi connectivity index (χ3n) is 5.83. The zero-order valence-electron chi connectivity index (χ0n) is 17.1. The molecule has 7 nitrogen and oxygen atoms in total. The predicted octanol–water partition coefficient (Wildman–Crippen LogP) is 1.95. The summed E-state index contributed by atoms with van der Waals surface area (Å²) in [5.74, 6) is 0.919. The summed E-state index contributed by atoms with van der Waals surface area (Å²) in [5.41, 5.74) is -0.0174. The minimum Gasteiger partial charge on any atom is -0.487 e. The number of para-hydroxylation sites is 1. The van der Waals surface area contributed by atoms with Gasteiger partial charge in [-0.2, -0.15) is 0 Å². The van der Waals surface area contributed by atoms with Crippen molar-refractivity contribution in [3.05, 3.63) is 29.8 Å². The predicted molar refractivity (Wildman–Crippen MR) is 106 cm³/mol. The SMILES string of the molecule is CC(NC(=O)N1CCCC(O)(CC(=O)N(C)C)C1)C1Oc2ccccc2C1C. The number of hydrogen-bond donors (Lipinski definition) is 2. The molecule has 2 N–H and O–H groups in total. The molecule has 1 aromatic rings. The third kappa shape index (κ3) is 4.24. The number of likely N-dealkylation sites (tertiary alicyclic amines) is 1. The molecule has 4 unspecified atom stereocenters. The molecule has 28 heavy (non-hydrogen) atoms. The molecule has 0 spiro atoms. The number of fused-ring (bicyclic) bond motifs is 1. The number of nitrogens with zero attached hydrogens (tertiary/aromatic N) is 2. The summed E-state index contributed by atoms with van der Waals surface area (Å²) >= 11 is 0. The number of hydrogen-bond acceptors (Lipinski definition) is 4. The van der Waals surface area contributed by atoms with E-state index in [1.807, 2.05) is 25.1 Å². The van der Waals surface area contributed by atoms with Crippen LogP contribution in [0.25, 0.3) is 0 Å². The van der Waals surface area contributed by atoms with Crippen LogP contribution in [0.1, 0.15) is 44.6 Å². The Hall–Kier alpha value is -2.28. The highest BCUT2D eigenvalue weighted by molar-refractivity contribution is 5.77. The van der Waals surface area contributed by atoms with Gasteiger partial charge in [-0.15, -0.1) is 0 Å². The number of piperidine rings is 1. The normalized spacial score (nSPS) is 27.5. The lowest BCUT2D eigenvalue weighted by atomic mass is 9.89. The van der Waals surface area contributed by atoms with E-state index in [0.717, 1.165) is 11.3 Å². The maximum Gasteiger partial charge on any atom is 0.317 e. The number of urea groups is 1. The van der Waals surface area contributed by atoms with E-state index in [2.05, 4.69) is 18.3 Å². The minimum atomic E-state index is -1.17. The molecule has 0 saturated carbocycles. The molecular weight excluding hydrogens is 358 g/mol. The standard InChI is InChI=1S/C21H31N3O4/c1-14-16-8-5-6-9-17(16)28-19(14)15(2)22-20(26)24-11-7-10-21(27,13-24)12-18(25)23(3)4/h5-6,8-9,14-15,19,27H,7,10-13H2,1-4H3,(H,22,26). The van der Waals surface area contributed by atoms with Gasteiger partial charge in [-0.1, -0.05) is 25.1 Å². The molecule has 2 aliphatic heterocycles. The molecule has 1 fully saturated rings. The summed E-state index contributed by atoms with van der Waals surface area (Å²) in [6.07, 6.45) is 1.07. The van der Waals surface area contributed by atoms with Gasteiger partial charge in [-0.3, -0.25) is 4.79 Å². The van der Waals surface area contributed by atoms with E-state index in [0.29, 0.717) is 19.4 Å². The first-order chi connectivity index (χ1) is 13.2. The first-order valence-corrected chi connectivity index (χ1v) is 9.94. The van der Waals surface area contributed by atoms with Crippen LogP contribution in [0.4, 0.5) is 4.79 Å². The highest BCUT2D eigenvalue weighted by Crippen LogP contribution is 2.38. The van der Waals surface area contributed by atoms with Gasteiger partial charge in [0.15, 0.2) is 0 Å². The zero-order valence-corrected chi connectivity index (χ0v) is 17.1. The lowest BCUT2D eigenvalue weighted by molar-refractivity contribution is -0.135. The quantitative estimate of drug-likeness (QED) is 0.825. The Bertz CT molecular complexity index is 738. The van der Waals surface area contributed by atoms with Crippen molar-refractivity contribution in [3.8, 4) is 5.75 Å². The van der Waals surface area contributed by atoms with E-state index in [4.69, 9.17) is 4.74 Å². The largest absolute Gasteiger partial charge is 0.487 e. The van der Waals surface area contributed by atoms with Crippen molar-refractivity contribution < 1.29 is 19.4 Å². The first-order valence-electron chi connectivity index (χ1n) is 9.94. The smallest absolute Gasteiger partial charge is 0.317 e. The number of β-amino-alcohol motifs (C(OH)–C–C–N with tert-alkyl or cyclic N) is 1. The zero-order chi connectivity index (χ0) is 20.5. The average Bonchev–Trinajstić information content (AvgIpc) is 2.98. The van der Waals surface area contributed by atoms with Gasteiger partial charge in [0.2, 0.25) is 5.91 Å². The van der Waals surface area contributed by atoms with Crippen molar-refractivity contribution >= 4 is 11.9 Å². The lowest BCUT2D eigenvalue weighted by Crippen LogP contribution is -2.57. The van der Waals surface area contributed by atoms with Crippen LogP contribution in [0.5, 0.6) is 5.75 Å². The van der Waals surface area contributed by atoms with Gasteiger partial charge in [0.25, 0.3) is 0 Å². The number of nitrogens with one attached hydrogen (secondary N) is 1. The fraction of sp³-hybridized carbons (Fsp3) is 0.619. The molecule has 0 aromatic heterocycles. The first kappa shape index (κ1) is 20.5. The molecule has 1 aromatic carbocycles. The highest BCUT2D eigenvalue weighted by atomic mass is 16.5. The second kappa shape index (κ2) is 7.99. The van der Waals surface area contributed by atoms with Gasteiger partial charge in [0.05, 0.1) is 24.6 Å². The van der Waals surface area contributed by atoms with Crippen LogP contribution in [-0.2, 0) is 4.79 Å². The van der Waals surface area contributed by atoms with E-state index < -0.39 is 5.60 Å². The van der Waals surface area contributed by atoms with Crippen LogP contribution in [0.2, 0.25) is 0 Å². The van der Waals surface area contributed by atoms with Crippen LogP contribution in [0, 0.1) is 0 Å². The summed E-state index contributed by atoms with van der Waals surface area (Å²) < 4.78 is 6.06. The van der Waals surface area contributed by atoms with Gasteiger partial charge in [-0.05, 0) is 25.8 Å². The molecule has 2 aliphatic rings. The summed E-state index contributed by atoms with van der Waals surface area (Å²) in [7, 11) is 3.34. The van der Waals surface area contributed by atoms with Crippen LogP contribution in [0.3, 0.4) is 0 Å². The highest BCUT2D eigenvalue weighted by Gasteiger charge is 2.39. The number of amides is 3. The number of benzene rings is 1. The topological polar surface area (TPSA) is 82.1 Å². The van der Waals surface area contributed by atoms with E-state index in [1.54, 1.807) is 19.0 Å². The van der Waals surface area contributed by atoms with Gasteiger partial charge in [0.1, 0.15) is 11.9 Å². The Labute approximate surface area is 166 Å². The molecule has 0 aliphatic carbocycles. The molecule has 0 radical (unpaired) electrons. The number of carbonyl (C=O) groups is 2. The van der Waals surface area contributed by atoms with Crippen LogP contribution in [-0.4, -0.2) is 71.8 Å². The summed E-state index contributed by atoms with van der Waals surface area (Å²) in [6, 6.07) is 7.53. The van der Waals surface area contributed by atoms with Gasteiger partial charge in [-0.25, -0.2) is 4.79 Å².